The fraction of sp³-hybridized carbons (Fsp3) is 0.800. The summed E-state index contributed by atoms with van der Waals surface area (Å²) in [6.45, 7) is 6.58. The van der Waals surface area contributed by atoms with Crippen LogP contribution in [0.15, 0.2) is 48.6 Å². The second kappa shape index (κ2) is 50.0. The standard InChI is InChI=1S/C55H98O6/c1-4-7-10-13-16-19-22-25-26-27-28-31-33-36-39-42-45-48-54(57)60-51-52(61-55(58)49-46-43-40-37-34-30-24-21-18-15-12-9-6-3)50-59-53(56)47-44-41-38-35-32-29-23-20-17-14-11-8-5-2/h25-26,28,30-31,34,36,39,52H,4-24,27,29,32-33,35,37-38,40-51H2,1-3H3/b26-25-,31-28-,34-30-,39-36-. The summed E-state index contributed by atoms with van der Waals surface area (Å²) in [5.74, 6) is -0.956. The molecule has 0 saturated heterocycles. The molecular weight excluding hydrogens is 757 g/mol. The van der Waals surface area contributed by atoms with E-state index in [4.69, 9.17) is 14.2 Å². The lowest BCUT2D eigenvalue weighted by Gasteiger charge is -2.18. The Morgan fingerprint density at radius 1 is 0.328 bits per heavy atom. The van der Waals surface area contributed by atoms with E-state index >= 15 is 0 Å². The minimum atomic E-state index is -0.797. The highest BCUT2D eigenvalue weighted by Crippen LogP contribution is 2.15. The quantitative estimate of drug-likeness (QED) is 0.0263. The van der Waals surface area contributed by atoms with Crippen LogP contribution in [0, 0.1) is 0 Å². The number of carbonyl (C=O) groups is 3. The maximum Gasteiger partial charge on any atom is 0.306 e. The number of ether oxygens (including phenoxy) is 3. The maximum absolute atomic E-state index is 12.8. The molecule has 0 amide bonds. The van der Waals surface area contributed by atoms with Gasteiger partial charge < -0.3 is 14.2 Å². The van der Waals surface area contributed by atoms with E-state index in [1.165, 1.54) is 148 Å². The number of carbonyl (C=O) groups excluding carboxylic acids is 3. The molecule has 0 aliphatic rings. The molecule has 354 valence electrons. The molecule has 0 fully saturated rings. The molecule has 0 radical (unpaired) electrons. The van der Waals surface area contributed by atoms with Gasteiger partial charge in [-0.1, -0.05) is 217 Å². The molecule has 0 rings (SSSR count). The van der Waals surface area contributed by atoms with Gasteiger partial charge in [-0.05, 0) is 77.0 Å². The molecule has 1 unspecified atom stereocenters. The van der Waals surface area contributed by atoms with Crippen LogP contribution in [0.25, 0.3) is 0 Å². The first kappa shape index (κ1) is 58.4. The lowest BCUT2D eigenvalue weighted by atomic mass is 10.0. The fourth-order valence-corrected chi connectivity index (χ4v) is 7.34. The Hall–Kier alpha value is -2.63. The van der Waals surface area contributed by atoms with Gasteiger partial charge in [0.05, 0.1) is 0 Å². The van der Waals surface area contributed by atoms with Crippen molar-refractivity contribution in [1.82, 2.24) is 0 Å². The van der Waals surface area contributed by atoms with Gasteiger partial charge in [0.25, 0.3) is 0 Å². The van der Waals surface area contributed by atoms with Crippen LogP contribution in [0.1, 0.15) is 265 Å². The van der Waals surface area contributed by atoms with E-state index in [9.17, 15) is 14.4 Å². The molecule has 0 spiro atoms. The molecule has 6 heteroatoms. The van der Waals surface area contributed by atoms with Crippen molar-refractivity contribution < 1.29 is 28.6 Å². The van der Waals surface area contributed by atoms with Crippen LogP contribution in [0.5, 0.6) is 0 Å². The summed E-state index contributed by atoms with van der Waals surface area (Å²) in [7, 11) is 0. The van der Waals surface area contributed by atoms with Gasteiger partial charge in [-0.15, -0.1) is 0 Å². The monoisotopic (exact) mass is 855 g/mol. The molecule has 0 heterocycles. The Morgan fingerprint density at radius 3 is 1.02 bits per heavy atom. The van der Waals surface area contributed by atoms with Crippen LogP contribution >= 0.6 is 0 Å². The SMILES string of the molecule is CCCCCCCC/C=C\C/C=C\C/C=C\CCCC(=O)OCC(COC(=O)CCCCCCCCCCCCCCC)OC(=O)CCCCC/C=C\CCCCCCCC. The predicted octanol–water partition coefficient (Wildman–Crippen LogP) is 17.1. The van der Waals surface area contributed by atoms with Crippen molar-refractivity contribution in [3.8, 4) is 0 Å². The van der Waals surface area contributed by atoms with Crippen molar-refractivity contribution in [2.24, 2.45) is 0 Å². The molecule has 0 aromatic heterocycles. The topological polar surface area (TPSA) is 78.9 Å². The zero-order valence-electron chi connectivity index (χ0n) is 40.4. The first-order valence-electron chi connectivity index (χ1n) is 26.1. The summed E-state index contributed by atoms with van der Waals surface area (Å²) in [6.07, 6.45) is 59.6. The van der Waals surface area contributed by atoms with Crippen molar-refractivity contribution in [3.05, 3.63) is 48.6 Å². The minimum absolute atomic E-state index is 0.0924. The smallest absolute Gasteiger partial charge is 0.306 e. The molecule has 0 bridgehead atoms. The summed E-state index contributed by atoms with van der Waals surface area (Å²) in [5.41, 5.74) is 0. The first-order chi connectivity index (χ1) is 30.0. The average molecular weight is 855 g/mol. The average Bonchev–Trinajstić information content (AvgIpc) is 3.26. The van der Waals surface area contributed by atoms with Gasteiger partial charge in [-0.3, -0.25) is 14.4 Å². The lowest BCUT2D eigenvalue weighted by Crippen LogP contribution is -2.30. The summed E-state index contributed by atoms with van der Waals surface area (Å²) < 4.78 is 16.7. The Balaban J connectivity index is 4.45. The van der Waals surface area contributed by atoms with E-state index in [1.807, 2.05) is 0 Å². The Bertz CT molecular complexity index is 1070. The lowest BCUT2D eigenvalue weighted by molar-refractivity contribution is -0.167. The van der Waals surface area contributed by atoms with Gasteiger partial charge in [0.15, 0.2) is 6.10 Å². The van der Waals surface area contributed by atoms with Crippen LogP contribution in [-0.4, -0.2) is 37.2 Å². The van der Waals surface area contributed by atoms with Gasteiger partial charge in [-0.25, -0.2) is 0 Å². The van der Waals surface area contributed by atoms with Crippen LogP contribution in [0.3, 0.4) is 0 Å². The Morgan fingerprint density at radius 2 is 0.607 bits per heavy atom. The van der Waals surface area contributed by atoms with Crippen LogP contribution in [0.2, 0.25) is 0 Å². The van der Waals surface area contributed by atoms with Gasteiger partial charge in [0.2, 0.25) is 0 Å². The summed E-state index contributed by atoms with van der Waals surface area (Å²) in [5, 5.41) is 0. The predicted molar refractivity (Wildman–Crippen MR) is 261 cm³/mol. The second-order valence-corrected chi connectivity index (χ2v) is 17.4. The van der Waals surface area contributed by atoms with Gasteiger partial charge in [0, 0.05) is 19.3 Å². The summed E-state index contributed by atoms with van der Waals surface area (Å²) >= 11 is 0. The Kier molecular flexibility index (Phi) is 47.9. The highest BCUT2D eigenvalue weighted by Gasteiger charge is 2.19. The van der Waals surface area contributed by atoms with E-state index in [1.54, 1.807) is 0 Å². The number of esters is 3. The molecule has 6 nitrogen and oxygen atoms in total. The minimum Gasteiger partial charge on any atom is -0.462 e. The van der Waals surface area contributed by atoms with Crippen molar-refractivity contribution in [3.63, 3.8) is 0 Å². The third-order valence-electron chi connectivity index (χ3n) is 11.3. The van der Waals surface area contributed by atoms with Crippen molar-refractivity contribution >= 4 is 17.9 Å². The highest BCUT2D eigenvalue weighted by molar-refractivity contribution is 5.71. The Labute approximate surface area is 378 Å². The fourth-order valence-electron chi connectivity index (χ4n) is 7.34. The number of hydrogen-bond acceptors (Lipinski definition) is 6. The molecule has 0 N–H and O–H groups in total. The van der Waals surface area contributed by atoms with E-state index in [-0.39, 0.29) is 37.5 Å². The number of unbranched alkanes of at least 4 members (excludes halogenated alkanes) is 28. The van der Waals surface area contributed by atoms with Crippen molar-refractivity contribution in [2.75, 3.05) is 13.2 Å². The number of hydrogen-bond donors (Lipinski definition) is 0. The molecule has 1 atom stereocenters. The molecule has 0 aromatic carbocycles. The van der Waals surface area contributed by atoms with E-state index in [0.29, 0.717) is 19.3 Å². The number of rotatable bonds is 47. The molecule has 0 aliphatic heterocycles. The van der Waals surface area contributed by atoms with Crippen LogP contribution in [-0.2, 0) is 28.6 Å². The van der Waals surface area contributed by atoms with Crippen LogP contribution in [0.4, 0.5) is 0 Å². The zero-order chi connectivity index (χ0) is 44.4. The zero-order valence-corrected chi connectivity index (χ0v) is 40.4. The number of allylic oxidation sites excluding steroid dienone is 8. The molecule has 0 aliphatic carbocycles. The van der Waals surface area contributed by atoms with E-state index < -0.39 is 6.10 Å². The molecular formula is C55H98O6. The van der Waals surface area contributed by atoms with E-state index in [2.05, 4.69) is 69.4 Å². The normalized spacial score (nSPS) is 12.4. The molecule has 0 saturated carbocycles. The second-order valence-electron chi connectivity index (χ2n) is 17.4. The first-order valence-corrected chi connectivity index (χ1v) is 26.1. The summed E-state index contributed by atoms with van der Waals surface area (Å²) in [6, 6.07) is 0. The van der Waals surface area contributed by atoms with Gasteiger partial charge >= 0.3 is 17.9 Å². The third kappa shape index (κ3) is 48.3. The largest absolute Gasteiger partial charge is 0.462 e. The van der Waals surface area contributed by atoms with Gasteiger partial charge in [-0.2, -0.15) is 0 Å². The molecule has 0 aromatic rings. The highest BCUT2D eigenvalue weighted by atomic mass is 16.6. The van der Waals surface area contributed by atoms with Gasteiger partial charge in [0.1, 0.15) is 13.2 Å². The van der Waals surface area contributed by atoms with E-state index in [0.717, 1.165) is 70.6 Å². The van der Waals surface area contributed by atoms with Crippen molar-refractivity contribution in [2.45, 2.75) is 271 Å². The third-order valence-corrected chi connectivity index (χ3v) is 11.3. The summed E-state index contributed by atoms with van der Waals surface area (Å²) in [4.78, 5) is 37.9. The van der Waals surface area contributed by atoms with Crippen LogP contribution < -0.4 is 0 Å². The maximum atomic E-state index is 12.8. The molecule has 61 heavy (non-hydrogen) atoms. The van der Waals surface area contributed by atoms with Crippen molar-refractivity contribution in [1.29, 1.82) is 0 Å².